The van der Waals surface area contributed by atoms with Gasteiger partial charge in [0.1, 0.15) is 5.56 Å². The Morgan fingerprint density at radius 2 is 1.81 bits per heavy atom. The Morgan fingerprint density at radius 3 is 2.48 bits per heavy atom. The van der Waals surface area contributed by atoms with E-state index < -0.39 is 11.4 Å². The van der Waals surface area contributed by atoms with Crippen LogP contribution in [0.3, 0.4) is 0 Å². The molecule has 0 bridgehead atoms. The van der Waals surface area contributed by atoms with Gasteiger partial charge < -0.3 is 10.1 Å². The molecule has 5 heteroatoms. The molecule has 1 heterocycles. The van der Waals surface area contributed by atoms with E-state index in [9.17, 15) is 14.7 Å². The monoisotopic (exact) mass is 299 g/mol. The van der Waals surface area contributed by atoms with E-state index >= 15 is 0 Å². The van der Waals surface area contributed by atoms with Crippen LogP contribution < -0.4 is 5.43 Å². The van der Waals surface area contributed by atoms with Crippen molar-refractivity contribution in [3.63, 3.8) is 0 Å². The van der Waals surface area contributed by atoms with Crippen LogP contribution in [0.5, 0.6) is 0 Å². The van der Waals surface area contributed by atoms with Crippen LogP contribution in [0.4, 0.5) is 0 Å². The van der Waals surface area contributed by atoms with E-state index in [0.717, 1.165) is 0 Å². The summed E-state index contributed by atoms with van der Waals surface area (Å²) in [7, 11) is 0. The number of fused-ring (bicyclic) bond motifs is 1. The van der Waals surface area contributed by atoms with E-state index in [4.69, 9.17) is 11.6 Å². The maximum atomic E-state index is 12.5. The van der Waals surface area contributed by atoms with E-state index in [0.29, 0.717) is 21.8 Å². The summed E-state index contributed by atoms with van der Waals surface area (Å²) in [6.07, 6.45) is 0. The highest BCUT2D eigenvalue weighted by atomic mass is 35.5. The zero-order valence-corrected chi connectivity index (χ0v) is 11.5. The third-order valence-electron chi connectivity index (χ3n) is 3.24. The van der Waals surface area contributed by atoms with E-state index in [2.05, 4.69) is 4.98 Å². The number of hydrogen-bond donors (Lipinski definition) is 2. The summed E-state index contributed by atoms with van der Waals surface area (Å²) >= 11 is 5.88. The third-order valence-corrected chi connectivity index (χ3v) is 3.47. The van der Waals surface area contributed by atoms with Gasteiger partial charge in [-0.3, -0.25) is 4.79 Å². The Morgan fingerprint density at radius 1 is 1.10 bits per heavy atom. The quantitative estimate of drug-likeness (QED) is 0.760. The lowest BCUT2D eigenvalue weighted by Gasteiger charge is -2.09. The van der Waals surface area contributed by atoms with Crippen molar-refractivity contribution in [1.29, 1.82) is 0 Å². The molecule has 0 atom stereocenters. The summed E-state index contributed by atoms with van der Waals surface area (Å²) in [6, 6.07) is 13.7. The Kier molecular flexibility index (Phi) is 3.23. The molecule has 0 saturated heterocycles. The van der Waals surface area contributed by atoms with E-state index in [1.807, 2.05) is 6.07 Å². The first-order chi connectivity index (χ1) is 10.1. The van der Waals surface area contributed by atoms with Gasteiger partial charge in [0, 0.05) is 15.9 Å². The molecule has 0 fully saturated rings. The minimum Gasteiger partial charge on any atom is -0.477 e. The average Bonchev–Trinajstić information content (AvgIpc) is 2.48. The third kappa shape index (κ3) is 2.30. The molecule has 2 aromatic carbocycles. The maximum absolute atomic E-state index is 12.5. The molecule has 0 aliphatic rings. The number of rotatable bonds is 2. The summed E-state index contributed by atoms with van der Waals surface area (Å²) in [5.41, 5.74) is 0.661. The zero-order chi connectivity index (χ0) is 15.0. The van der Waals surface area contributed by atoms with Crippen molar-refractivity contribution >= 4 is 28.5 Å². The normalized spacial score (nSPS) is 10.7. The van der Waals surface area contributed by atoms with Crippen LogP contribution >= 0.6 is 11.6 Å². The van der Waals surface area contributed by atoms with Gasteiger partial charge in [-0.1, -0.05) is 41.9 Å². The molecule has 3 rings (SSSR count). The molecule has 21 heavy (non-hydrogen) atoms. The molecule has 0 spiro atoms. The number of H-pyrrole nitrogens is 1. The number of aromatic nitrogens is 1. The average molecular weight is 300 g/mol. The lowest BCUT2D eigenvalue weighted by Crippen LogP contribution is -2.18. The SMILES string of the molecule is O=C(O)c1c(-c2ccccc2)[nH]c2ccc(Cl)cc2c1=O. The second kappa shape index (κ2) is 5.07. The van der Waals surface area contributed by atoms with Crippen LogP contribution in [0.25, 0.3) is 22.2 Å². The molecule has 0 radical (unpaired) electrons. The fraction of sp³-hybridized carbons (Fsp3) is 0. The Balaban J connectivity index is 2.45. The number of hydrogen-bond acceptors (Lipinski definition) is 2. The van der Waals surface area contributed by atoms with Gasteiger partial charge >= 0.3 is 5.97 Å². The zero-order valence-electron chi connectivity index (χ0n) is 10.8. The Hall–Kier alpha value is -2.59. The summed E-state index contributed by atoms with van der Waals surface area (Å²) in [6.45, 7) is 0. The number of halogens is 1. The first-order valence-corrected chi connectivity index (χ1v) is 6.60. The van der Waals surface area contributed by atoms with Gasteiger partial charge in [0.05, 0.1) is 5.69 Å². The highest BCUT2D eigenvalue weighted by Crippen LogP contribution is 2.23. The number of carboxylic acid groups (broad SMARTS) is 1. The molecular weight excluding hydrogens is 290 g/mol. The predicted octanol–water partition coefficient (Wildman–Crippen LogP) is 3.55. The summed E-state index contributed by atoms with van der Waals surface area (Å²) in [4.78, 5) is 27.0. The summed E-state index contributed by atoms with van der Waals surface area (Å²) < 4.78 is 0. The van der Waals surface area contributed by atoms with Gasteiger partial charge in [-0.15, -0.1) is 0 Å². The molecule has 104 valence electrons. The van der Waals surface area contributed by atoms with Crippen molar-refractivity contribution in [2.45, 2.75) is 0 Å². The topological polar surface area (TPSA) is 70.2 Å². The highest BCUT2D eigenvalue weighted by molar-refractivity contribution is 6.31. The minimum atomic E-state index is -1.27. The Labute approximate surface area is 124 Å². The lowest BCUT2D eigenvalue weighted by molar-refractivity contribution is 0.0696. The van der Waals surface area contributed by atoms with Gasteiger partial charge in [0.15, 0.2) is 0 Å². The minimum absolute atomic E-state index is 0.264. The Bertz CT molecular complexity index is 901. The number of benzene rings is 2. The molecular formula is C16H10ClNO3. The van der Waals surface area contributed by atoms with Gasteiger partial charge in [-0.25, -0.2) is 4.79 Å². The fourth-order valence-electron chi connectivity index (χ4n) is 2.28. The number of pyridine rings is 1. The van der Waals surface area contributed by atoms with E-state index in [-0.39, 0.29) is 10.9 Å². The van der Waals surface area contributed by atoms with Crippen molar-refractivity contribution in [3.8, 4) is 11.3 Å². The van der Waals surface area contributed by atoms with Crippen LogP contribution in [0, 0.1) is 0 Å². The summed E-state index contributed by atoms with van der Waals surface area (Å²) in [5.74, 6) is -1.27. The second-order valence-corrected chi connectivity index (χ2v) is 5.00. The first kappa shape index (κ1) is 13.4. The van der Waals surface area contributed by atoms with Gasteiger partial charge in [-0.05, 0) is 23.8 Å². The van der Waals surface area contributed by atoms with Crippen molar-refractivity contribution < 1.29 is 9.90 Å². The lowest BCUT2D eigenvalue weighted by atomic mass is 10.0. The maximum Gasteiger partial charge on any atom is 0.341 e. The predicted molar refractivity (Wildman–Crippen MR) is 82.0 cm³/mol. The molecule has 4 nitrogen and oxygen atoms in total. The van der Waals surface area contributed by atoms with Crippen LogP contribution in [0.2, 0.25) is 5.02 Å². The van der Waals surface area contributed by atoms with Crippen molar-refractivity contribution in [2.24, 2.45) is 0 Å². The molecule has 2 N–H and O–H groups in total. The van der Waals surface area contributed by atoms with Crippen LogP contribution in [-0.4, -0.2) is 16.1 Å². The molecule has 0 amide bonds. The number of aromatic carboxylic acids is 1. The van der Waals surface area contributed by atoms with Gasteiger partial charge in [0.25, 0.3) is 0 Å². The van der Waals surface area contributed by atoms with Crippen molar-refractivity contribution in [1.82, 2.24) is 4.98 Å². The van der Waals surface area contributed by atoms with Gasteiger partial charge in [-0.2, -0.15) is 0 Å². The fourth-order valence-corrected chi connectivity index (χ4v) is 2.46. The van der Waals surface area contributed by atoms with Crippen molar-refractivity contribution in [2.75, 3.05) is 0 Å². The van der Waals surface area contributed by atoms with Crippen LogP contribution in [0.1, 0.15) is 10.4 Å². The van der Waals surface area contributed by atoms with Gasteiger partial charge in [0.2, 0.25) is 5.43 Å². The molecule has 1 aromatic heterocycles. The second-order valence-electron chi connectivity index (χ2n) is 4.57. The molecule has 0 unspecified atom stereocenters. The van der Waals surface area contributed by atoms with E-state index in [1.165, 1.54) is 6.07 Å². The number of carbonyl (C=O) groups is 1. The first-order valence-electron chi connectivity index (χ1n) is 6.22. The van der Waals surface area contributed by atoms with Crippen LogP contribution in [-0.2, 0) is 0 Å². The molecule has 3 aromatic rings. The highest BCUT2D eigenvalue weighted by Gasteiger charge is 2.19. The van der Waals surface area contributed by atoms with E-state index in [1.54, 1.807) is 36.4 Å². The number of nitrogens with one attached hydrogen (secondary N) is 1. The number of carboxylic acids is 1. The molecule has 0 aliphatic carbocycles. The van der Waals surface area contributed by atoms with Crippen molar-refractivity contribution in [3.05, 3.63) is 69.3 Å². The largest absolute Gasteiger partial charge is 0.477 e. The smallest absolute Gasteiger partial charge is 0.341 e. The standard InChI is InChI=1S/C16H10ClNO3/c17-10-6-7-12-11(8-10)15(19)13(16(20)21)14(18-12)9-4-2-1-3-5-9/h1-8H,(H,18,19)(H,20,21). The summed E-state index contributed by atoms with van der Waals surface area (Å²) in [5, 5.41) is 10.0. The number of aromatic amines is 1. The molecule has 0 aliphatic heterocycles. The van der Waals surface area contributed by atoms with Crippen LogP contribution in [0.15, 0.2) is 53.3 Å². The molecule has 0 saturated carbocycles.